The highest BCUT2D eigenvalue weighted by molar-refractivity contribution is 5.49. The van der Waals surface area contributed by atoms with Crippen LogP contribution in [0.3, 0.4) is 0 Å². The standard InChI is InChI=1S/C20H28N6/c1-21-7-8-22(17-21)9-10-23-11-12-24(18-23)13-14-25-15-16-26(19-25)20-5-3-2-4-6-20/h2-8,11-12,15-16H,9-10,13-14,17-19H2,1H3. The summed E-state index contributed by atoms with van der Waals surface area (Å²) in [5.74, 6) is 0. The third kappa shape index (κ3) is 4.07. The van der Waals surface area contributed by atoms with Crippen LogP contribution >= 0.6 is 0 Å². The Hall–Kier alpha value is -2.76. The summed E-state index contributed by atoms with van der Waals surface area (Å²) in [5.41, 5.74) is 1.25. The number of nitrogens with zero attached hydrogens (tertiary/aromatic N) is 6. The summed E-state index contributed by atoms with van der Waals surface area (Å²) in [6.07, 6.45) is 13.1. The first-order valence-corrected chi connectivity index (χ1v) is 9.29. The second-order valence-corrected chi connectivity index (χ2v) is 7.13. The summed E-state index contributed by atoms with van der Waals surface area (Å²) >= 11 is 0. The maximum absolute atomic E-state index is 2.39. The molecular weight excluding hydrogens is 324 g/mol. The molecule has 0 bridgehead atoms. The number of hydrogen-bond donors (Lipinski definition) is 0. The normalized spacial score (nSPS) is 19.0. The van der Waals surface area contributed by atoms with Crippen molar-refractivity contribution in [1.82, 2.24) is 24.5 Å². The third-order valence-corrected chi connectivity index (χ3v) is 5.02. The molecule has 0 aliphatic carbocycles. The van der Waals surface area contributed by atoms with Crippen molar-refractivity contribution in [2.75, 3.05) is 58.1 Å². The Bertz CT molecular complexity index is 670. The summed E-state index contributed by atoms with van der Waals surface area (Å²) in [6, 6.07) is 10.5. The Kier molecular flexibility index (Phi) is 4.91. The Morgan fingerprint density at radius 2 is 1.15 bits per heavy atom. The highest BCUT2D eigenvalue weighted by atomic mass is 15.4. The van der Waals surface area contributed by atoms with Crippen LogP contribution in [0, 0.1) is 0 Å². The van der Waals surface area contributed by atoms with Gasteiger partial charge in [-0.15, -0.1) is 0 Å². The zero-order valence-corrected chi connectivity index (χ0v) is 15.5. The van der Waals surface area contributed by atoms with E-state index in [0.29, 0.717) is 0 Å². The van der Waals surface area contributed by atoms with Gasteiger partial charge in [-0.05, 0) is 12.1 Å². The summed E-state index contributed by atoms with van der Waals surface area (Å²) in [7, 11) is 2.11. The third-order valence-electron chi connectivity index (χ3n) is 5.02. The van der Waals surface area contributed by atoms with Crippen molar-refractivity contribution in [3.8, 4) is 0 Å². The van der Waals surface area contributed by atoms with Crippen LogP contribution in [0.25, 0.3) is 0 Å². The van der Waals surface area contributed by atoms with Crippen molar-refractivity contribution in [2.24, 2.45) is 0 Å². The molecule has 3 aliphatic heterocycles. The van der Waals surface area contributed by atoms with Crippen molar-refractivity contribution in [3.05, 3.63) is 67.5 Å². The monoisotopic (exact) mass is 352 g/mol. The van der Waals surface area contributed by atoms with Crippen LogP contribution in [-0.4, -0.2) is 77.7 Å². The first-order valence-electron chi connectivity index (χ1n) is 9.29. The molecule has 0 amide bonds. The van der Waals surface area contributed by atoms with Crippen LogP contribution in [0.4, 0.5) is 5.69 Å². The first-order chi connectivity index (χ1) is 12.8. The predicted molar refractivity (Wildman–Crippen MR) is 106 cm³/mol. The number of benzene rings is 1. The molecule has 0 saturated carbocycles. The van der Waals surface area contributed by atoms with Gasteiger partial charge in [0, 0.05) is 76.1 Å². The number of rotatable bonds is 7. The lowest BCUT2D eigenvalue weighted by molar-refractivity contribution is 0.218. The van der Waals surface area contributed by atoms with Gasteiger partial charge in [0.15, 0.2) is 0 Å². The largest absolute Gasteiger partial charge is 0.362 e. The van der Waals surface area contributed by atoms with Crippen LogP contribution in [0.5, 0.6) is 0 Å². The second kappa shape index (κ2) is 7.64. The molecular formula is C20H28N6. The van der Waals surface area contributed by atoms with E-state index in [4.69, 9.17) is 0 Å². The van der Waals surface area contributed by atoms with Crippen LogP contribution in [0.15, 0.2) is 67.5 Å². The Balaban J connectivity index is 1.15. The molecule has 6 heteroatoms. The zero-order valence-electron chi connectivity index (χ0n) is 15.5. The first kappa shape index (κ1) is 16.7. The average molecular weight is 352 g/mol. The molecule has 0 fully saturated rings. The minimum atomic E-state index is 0.931. The molecule has 1 aromatic carbocycles. The van der Waals surface area contributed by atoms with Crippen LogP contribution in [0.1, 0.15) is 0 Å². The summed E-state index contributed by atoms with van der Waals surface area (Å²) in [5, 5.41) is 0. The molecule has 0 radical (unpaired) electrons. The van der Waals surface area contributed by atoms with Gasteiger partial charge in [-0.25, -0.2) is 0 Å². The Morgan fingerprint density at radius 3 is 1.77 bits per heavy atom. The number of hydrogen-bond acceptors (Lipinski definition) is 6. The average Bonchev–Trinajstić information content (AvgIpc) is 3.40. The highest BCUT2D eigenvalue weighted by Gasteiger charge is 2.17. The van der Waals surface area contributed by atoms with Crippen molar-refractivity contribution in [3.63, 3.8) is 0 Å². The van der Waals surface area contributed by atoms with E-state index < -0.39 is 0 Å². The lowest BCUT2D eigenvalue weighted by Gasteiger charge is -2.26. The van der Waals surface area contributed by atoms with E-state index in [1.807, 2.05) is 0 Å². The van der Waals surface area contributed by atoms with E-state index in [9.17, 15) is 0 Å². The minimum absolute atomic E-state index is 0.931. The van der Waals surface area contributed by atoms with E-state index in [1.165, 1.54) is 5.69 Å². The molecule has 0 N–H and O–H groups in total. The summed E-state index contributed by atoms with van der Waals surface area (Å²) in [4.78, 5) is 14.0. The van der Waals surface area contributed by atoms with Crippen molar-refractivity contribution >= 4 is 5.69 Å². The van der Waals surface area contributed by atoms with Crippen molar-refractivity contribution < 1.29 is 0 Å². The molecule has 6 nitrogen and oxygen atoms in total. The van der Waals surface area contributed by atoms with Crippen LogP contribution in [-0.2, 0) is 0 Å². The molecule has 26 heavy (non-hydrogen) atoms. The maximum atomic E-state index is 2.39. The second-order valence-electron chi connectivity index (χ2n) is 7.13. The van der Waals surface area contributed by atoms with E-state index in [1.54, 1.807) is 0 Å². The van der Waals surface area contributed by atoms with Crippen LogP contribution in [0.2, 0.25) is 0 Å². The Labute approximate surface area is 156 Å². The van der Waals surface area contributed by atoms with Gasteiger partial charge in [-0.2, -0.15) is 0 Å². The van der Waals surface area contributed by atoms with Gasteiger partial charge < -0.3 is 29.4 Å². The van der Waals surface area contributed by atoms with Crippen molar-refractivity contribution in [2.45, 2.75) is 0 Å². The van der Waals surface area contributed by atoms with E-state index in [0.717, 1.165) is 46.2 Å². The maximum Gasteiger partial charge on any atom is 0.0942 e. The highest BCUT2D eigenvalue weighted by Crippen LogP contribution is 2.18. The minimum Gasteiger partial charge on any atom is -0.362 e. The fourth-order valence-electron chi connectivity index (χ4n) is 3.45. The lowest BCUT2D eigenvalue weighted by Crippen LogP contribution is -2.36. The lowest BCUT2D eigenvalue weighted by atomic mass is 10.3. The molecule has 138 valence electrons. The number of anilines is 1. The predicted octanol–water partition coefficient (Wildman–Crippen LogP) is 1.96. The molecule has 0 aromatic heterocycles. The van der Waals surface area contributed by atoms with Gasteiger partial charge in [0.05, 0.1) is 20.0 Å². The fraction of sp³-hybridized carbons (Fsp3) is 0.400. The molecule has 4 rings (SSSR count). The van der Waals surface area contributed by atoms with E-state index in [-0.39, 0.29) is 0 Å². The SMILES string of the molecule is CN1C=CN(CCN2C=CN(CCN3C=CN(c4ccccc4)C3)C2)C1. The molecule has 1 aromatic rings. The fourth-order valence-corrected chi connectivity index (χ4v) is 3.45. The molecule has 3 aliphatic rings. The van der Waals surface area contributed by atoms with Gasteiger partial charge in [-0.1, -0.05) is 18.2 Å². The van der Waals surface area contributed by atoms with E-state index >= 15 is 0 Å². The topological polar surface area (TPSA) is 19.4 Å². The van der Waals surface area contributed by atoms with Gasteiger partial charge >= 0.3 is 0 Å². The molecule has 0 atom stereocenters. The van der Waals surface area contributed by atoms with Gasteiger partial charge in [0.2, 0.25) is 0 Å². The summed E-state index contributed by atoms with van der Waals surface area (Å²) in [6.45, 7) is 7.15. The smallest absolute Gasteiger partial charge is 0.0942 e. The molecule has 3 heterocycles. The van der Waals surface area contributed by atoms with Crippen molar-refractivity contribution in [1.29, 1.82) is 0 Å². The van der Waals surface area contributed by atoms with Gasteiger partial charge in [0.25, 0.3) is 0 Å². The molecule has 0 unspecified atom stereocenters. The molecule has 0 saturated heterocycles. The number of para-hydroxylation sites is 1. The summed E-state index contributed by atoms with van der Waals surface area (Å²) < 4.78 is 0. The van der Waals surface area contributed by atoms with Gasteiger partial charge in [-0.3, -0.25) is 0 Å². The van der Waals surface area contributed by atoms with Gasteiger partial charge in [0.1, 0.15) is 0 Å². The zero-order chi connectivity index (χ0) is 17.8. The molecule has 0 spiro atoms. The van der Waals surface area contributed by atoms with E-state index in [2.05, 4.69) is 104 Å². The van der Waals surface area contributed by atoms with Crippen LogP contribution < -0.4 is 4.90 Å². The Morgan fingerprint density at radius 1 is 0.615 bits per heavy atom. The quantitative estimate of drug-likeness (QED) is 0.742.